The number of amides is 3. The average molecular weight is 519 g/mol. The number of urea groups is 1. The van der Waals surface area contributed by atoms with Crippen LogP contribution >= 0.6 is 24.0 Å². The standard InChI is InChI=1S/C19H29N5O4.HI/c1-5-27-15-8-7-14(11-16(15)28-6-2)13(3)23-18(20-4)21-9-10-24-17(25)12-22-19(24)26;/h7-8,11,13H,5-6,9-10,12H2,1-4H3,(H,22,26)(H2,20,21,23);1H. The molecule has 1 heterocycles. The highest BCUT2D eigenvalue weighted by molar-refractivity contribution is 14.0. The van der Waals surface area contributed by atoms with Gasteiger partial charge in [-0.1, -0.05) is 6.07 Å². The number of hydrogen-bond acceptors (Lipinski definition) is 5. The van der Waals surface area contributed by atoms with Crippen molar-refractivity contribution in [3.63, 3.8) is 0 Å². The highest BCUT2D eigenvalue weighted by atomic mass is 127. The summed E-state index contributed by atoms with van der Waals surface area (Å²) in [6.45, 7) is 7.73. The van der Waals surface area contributed by atoms with Gasteiger partial charge in [0.05, 0.1) is 25.8 Å². The molecule has 1 unspecified atom stereocenters. The molecule has 1 atom stereocenters. The molecule has 0 bridgehead atoms. The first-order valence-electron chi connectivity index (χ1n) is 9.45. The van der Waals surface area contributed by atoms with Crippen LogP contribution in [0.4, 0.5) is 4.79 Å². The lowest BCUT2D eigenvalue weighted by Crippen LogP contribution is -2.43. The fourth-order valence-corrected chi connectivity index (χ4v) is 2.79. The van der Waals surface area contributed by atoms with Crippen LogP contribution in [-0.2, 0) is 4.79 Å². The minimum Gasteiger partial charge on any atom is -0.490 e. The van der Waals surface area contributed by atoms with Gasteiger partial charge in [0.1, 0.15) is 0 Å². The third kappa shape index (κ3) is 6.94. The van der Waals surface area contributed by atoms with Crippen molar-refractivity contribution in [2.45, 2.75) is 26.8 Å². The Hall–Kier alpha value is -2.24. The first-order chi connectivity index (χ1) is 13.5. The molecule has 10 heteroatoms. The molecule has 3 N–H and O–H groups in total. The number of rotatable bonds is 9. The van der Waals surface area contributed by atoms with Crippen molar-refractivity contribution in [2.75, 3.05) is 39.9 Å². The Bertz CT molecular complexity index is 713. The van der Waals surface area contributed by atoms with Crippen molar-refractivity contribution >= 4 is 41.9 Å². The van der Waals surface area contributed by atoms with Crippen molar-refractivity contribution in [3.05, 3.63) is 23.8 Å². The minimum atomic E-state index is -0.360. The fraction of sp³-hybridized carbons (Fsp3) is 0.526. The Morgan fingerprint density at radius 3 is 2.52 bits per heavy atom. The zero-order chi connectivity index (χ0) is 20.5. The number of benzene rings is 1. The highest BCUT2D eigenvalue weighted by Gasteiger charge is 2.27. The number of ether oxygens (including phenoxy) is 2. The average Bonchev–Trinajstić information content (AvgIpc) is 3.00. The van der Waals surface area contributed by atoms with E-state index in [0.717, 1.165) is 11.3 Å². The number of halogens is 1. The van der Waals surface area contributed by atoms with E-state index in [1.54, 1.807) is 7.05 Å². The molecule has 9 nitrogen and oxygen atoms in total. The lowest BCUT2D eigenvalue weighted by atomic mass is 10.1. The van der Waals surface area contributed by atoms with E-state index in [2.05, 4.69) is 20.9 Å². The number of nitrogens with zero attached hydrogens (tertiary/aromatic N) is 2. The lowest BCUT2D eigenvalue weighted by Gasteiger charge is -2.20. The number of hydrogen-bond donors (Lipinski definition) is 3. The zero-order valence-electron chi connectivity index (χ0n) is 17.3. The Labute approximate surface area is 188 Å². The largest absolute Gasteiger partial charge is 0.490 e. The van der Waals surface area contributed by atoms with Gasteiger partial charge in [0.15, 0.2) is 17.5 Å². The highest BCUT2D eigenvalue weighted by Crippen LogP contribution is 2.30. The Morgan fingerprint density at radius 2 is 1.93 bits per heavy atom. The monoisotopic (exact) mass is 519 g/mol. The maximum absolute atomic E-state index is 11.6. The molecular formula is C19H30IN5O4. The molecule has 0 aromatic heterocycles. The molecule has 1 aliphatic heterocycles. The second-order valence-corrected chi connectivity index (χ2v) is 6.14. The topological polar surface area (TPSA) is 104 Å². The maximum atomic E-state index is 11.6. The first kappa shape index (κ1) is 24.8. The summed E-state index contributed by atoms with van der Waals surface area (Å²) in [5.41, 5.74) is 1.02. The number of imide groups is 1. The molecule has 0 spiro atoms. The van der Waals surface area contributed by atoms with Crippen LogP contribution in [0.15, 0.2) is 23.2 Å². The van der Waals surface area contributed by atoms with Gasteiger partial charge in [-0.3, -0.25) is 14.7 Å². The smallest absolute Gasteiger partial charge is 0.324 e. The van der Waals surface area contributed by atoms with Crippen LogP contribution in [-0.4, -0.2) is 62.7 Å². The number of nitrogens with one attached hydrogen (secondary N) is 3. The van der Waals surface area contributed by atoms with E-state index in [1.165, 1.54) is 4.90 Å². The van der Waals surface area contributed by atoms with E-state index in [9.17, 15) is 9.59 Å². The molecule has 1 fully saturated rings. The van der Waals surface area contributed by atoms with Crippen LogP contribution in [0.5, 0.6) is 11.5 Å². The molecule has 162 valence electrons. The molecule has 2 rings (SSSR count). The van der Waals surface area contributed by atoms with Crippen molar-refractivity contribution in [3.8, 4) is 11.5 Å². The van der Waals surface area contributed by atoms with Gasteiger partial charge in [0.2, 0.25) is 5.91 Å². The van der Waals surface area contributed by atoms with E-state index in [0.29, 0.717) is 31.5 Å². The van der Waals surface area contributed by atoms with Gasteiger partial charge in [0, 0.05) is 20.1 Å². The first-order valence-corrected chi connectivity index (χ1v) is 9.45. The van der Waals surface area contributed by atoms with Gasteiger partial charge in [-0.05, 0) is 38.5 Å². The van der Waals surface area contributed by atoms with Crippen molar-refractivity contribution < 1.29 is 19.1 Å². The summed E-state index contributed by atoms with van der Waals surface area (Å²) >= 11 is 0. The predicted molar refractivity (Wildman–Crippen MR) is 122 cm³/mol. The summed E-state index contributed by atoms with van der Waals surface area (Å²) in [4.78, 5) is 28.5. The molecule has 0 saturated carbocycles. The number of carbonyl (C=O) groups is 2. The third-order valence-corrected chi connectivity index (χ3v) is 4.21. The molecule has 0 aliphatic carbocycles. The van der Waals surface area contributed by atoms with Crippen LogP contribution in [0.1, 0.15) is 32.4 Å². The van der Waals surface area contributed by atoms with Crippen LogP contribution < -0.4 is 25.4 Å². The number of guanidine groups is 1. The maximum Gasteiger partial charge on any atom is 0.324 e. The van der Waals surface area contributed by atoms with E-state index in [4.69, 9.17) is 9.47 Å². The molecule has 1 saturated heterocycles. The van der Waals surface area contributed by atoms with Crippen molar-refractivity contribution in [2.24, 2.45) is 4.99 Å². The van der Waals surface area contributed by atoms with Gasteiger partial charge in [-0.25, -0.2) is 4.79 Å². The predicted octanol–water partition coefficient (Wildman–Crippen LogP) is 1.88. The summed E-state index contributed by atoms with van der Waals surface area (Å²) in [5.74, 6) is 1.78. The summed E-state index contributed by atoms with van der Waals surface area (Å²) in [6, 6.07) is 5.42. The van der Waals surface area contributed by atoms with Crippen LogP contribution in [0.25, 0.3) is 0 Å². The normalized spacial score (nSPS) is 14.8. The molecule has 1 aromatic carbocycles. The summed E-state index contributed by atoms with van der Waals surface area (Å²) in [7, 11) is 1.67. The van der Waals surface area contributed by atoms with Gasteiger partial charge in [0.25, 0.3) is 0 Å². The lowest BCUT2D eigenvalue weighted by molar-refractivity contribution is -0.124. The quantitative estimate of drug-likeness (QED) is 0.199. The Kier molecular flexibility index (Phi) is 10.6. The van der Waals surface area contributed by atoms with Crippen LogP contribution in [0, 0.1) is 0 Å². The number of carbonyl (C=O) groups excluding carboxylic acids is 2. The molecular weight excluding hydrogens is 489 g/mol. The fourth-order valence-electron chi connectivity index (χ4n) is 2.79. The summed E-state index contributed by atoms with van der Waals surface area (Å²) < 4.78 is 11.3. The molecule has 29 heavy (non-hydrogen) atoms. The second-order valence-electron chi connectivity index (χ2n) is 6.14. The van der Waals surface area contributed by atoms with Gasteiger partial charge < -0.3 is 25.4 Å². The van der Waals surface area contributed by atoms with Crippen molar-refractivity contribution in [1.29, 1.82) is 0 Å². The van der Waals surface area contributed by atoms with E-state index < -0.39 is 0 Å². The Morgan fingerprint density at radius 1 is 1.24 bits per heavy atom. The summed E-state index contributed by atoms with van der Waals surface area (Å²) in [6.07, 6.45) is 0. The molecule has 1 aliphatic rings. The van der Waals surface area contributed by atoms with E-state index >= 15 is 0 Å². The molecule has 1 aromatic rings. The van der Waals surface area contributed by atoms with E-state index in [1.807, 2.05) is 39.0 Å². The SMILES string of the molecule is CCOc1ccc(C(C)NC(=NC)NCCN2C(=O)CNC2=O)cc1OCC.I. The Balaban J connectivity index is 0.00000420. The van der Waals surface area contributed by atoms with Crippen molar-refractivity contribution in [1.82, 2.24) is 20.9 Å². The van der Waals surface area contributed by atoms with Gasteiger partial charge in [-0.15, -0.1) is 24.0 Å². The van der Waals surface area contributed by atoms with Gasteiger partial charge >= 0.3 is 6.03 Å². The third-order valence-electron chi connectivity index (χ3n) is 4.21. The second kappa shape index (κ2) is 12.3. The summed E-state index contributed by atoms with van der Waals surface area (Å²) in [5, 5.41) is 8.90. The minimum absolute atomic E-state index is 0. The molecule has 0 radical (unpaired) electrons. The van der Waals surface area contributed by atoms with E-state index in [-0.39, 0.29) is 55.0 Å². The molecule has 3 amide bonds. The zero-order valence-corrected chi connectivity index (χ0v) is 19.6. The van der Waals surface area contributed by atoms with Crippen LogP contribution in [0.3, 0.4) is 0 Å². The number of aliphatic imine (C=N–C) groups is 1. The van der Waals surface area contributed by atoms with Crippen LogP contribution in [0.2, 0.25) is 0 Å². The van der Waals surface area contributed by atoms with Gasteiger partial charge in [-0.2, -0.15) is 0 Å².